The molecule has 17 heteroatoms. The van der Waals surface area contributed by atoms with Gasteiger partial charge in [-0.05, 0) is 151 Å². The molecular formula is C48H59ClF3N5O5S3. The number of anilines is 2. The van der Waals surface area contributed by atoms with Crippen LogP contribution in [-0.4, -0.2) is 101 Å². The molecule has 2 N–H and O–H groups in total. The summed E-state index contributed by atoms with van der Waals surface area (Å²) in [6.07, 6.45) is 5.60. The molecule has 0 aromatic heterocycles. The van der Waals surface area contributed by atoms with Crippen molar-refractivity contribution >= 4 is 66.1 Å². The lowest BCUT2D eigenvalue weighted by Crippen LogP contribution is -2.47. The third-order valence-corrected chi connectivity index (χ3v) is 16.3. The molecule has 0 bridgehead atoms. The minimum absolute atomic E-state index is 0.00334. The number of amides is 1. The molecule has 4 aromatic carbocycles. The van der Waals surface area contributed by atoms with Gasteiger partial charge in [0.25, 0.3) is 25.8 Å². The van der Waals surface area contributed by atoms with E-state index >= 15 is 0 Å². The summed E-state index contributed by atoms with van der Waals surface area (Å²) in [5, 5.41) is 3.74. The van der Waals surface area contributed by atoms with E-state index in [2.05, 4.69) is 59.8 Å². The standard InChI is InChI=1S/C48H59ClF3N5O5S3/c1-34(2)57(35(3)4)26-10-12-40(33-63-42-13-6-5-7-14-42)53-45-25-24-43(31-46(45)64(59,60)48(50,51)52)65(61,62)54-47(58)37-18-22-41(23-19-37)56-29-27-55(28-30-56)32-38-11-8-9-15-44(38)36-16-20-39(49)21-17-36/h5-7,13-14,16-25,31,34-35,40,53H,8-12,15,26-30,32-33H2,1-4H3,(H,54,58)/t40-/m1/s1. The molecule has 1 amide bonds. The van der Waals surface area contributed by atoms with Gasteiger partial charge in [0.2, 0.25) is 0 Å². The molecule has 352 valence electrons. The van der Waals surface area contributed by atoms with E-state index in [0.717, 1.165) is 73.3 Å². The average molecular weight is 975 g/mol. The molecule has 1 heterocycles. The number of hydrogen-bond acceptors (Lipinski definition) is 10. The van der Waals surface area contributed by atoms with Gasteiger partial charge in [-0.2, -0.15) is 13.2 Å². The van der Waals surface area contributed by atoms with Gasteiger partial charge < -0.3 is 10.2 Å². The highest BCUT2D eigenvalue weighted by atomic mass is 35.5. The van der Waals surface area contributed by atoms with Gasteiger partial charge >= 0.3 is 5.51 Å². The number of nitrogens with zero attached hydrogens (tertiary/aromatic N) is 3. The van der Waals surface area contributed by atoms with Crippen LogP contribution in [0.2, 0.25) is 5.02 Å². The zero-order valence-electron chi connectivity index (χ0n) is 37.3. The zero-order valence-corrected chi connectivity index (χ0v) is 40.5. The number of sulfonamides is 1. The Morgan fingerprint density at radius 3 is 2.11 bits per heavy atom. The Hall–Kier alpha value is -4.06. The number of benzene rings is 4. The van der Waals surface area contributed by atoms with E-state index in [0.29, 0.717) is 31.2 Å². The van der Waals surface area contributed by atoms with Crippen LogP contribution < -0.4 is 14.9 Å². The number of carbonyl (C=O) groups is 1. The van der Waals surface area contributed by atoms with Crippen molar-refractivity contribution < 1.29 is 34.8 Å². The number of allylic oxidation sites excluding steroid dienone is 1. The van der Waals surface area contributed by atoms with Gasteiger partial charge in [-0.3, -0.25) is 14.6 Å². The summed E-state index contributed by atoms with van der Waals surface area (Å²) in [7, 11) is -10.9. The largest absolute Gasteiger partial charge is 0.501 e. The van der Waals surface area contributed by atoms with Crippen LogP contribution in [0.15, 0.2) is 117 Å². The van der Waals surface area contributed by atoms with Gasteiger partial charge in [0.15, 0.2) is 0 Å². The van der Waals surface area contributed by atoms with Crippen LogP contribution in [0.1, 0.15) is 82.1 Å². The third kappa shape index (κ3) is 13.3. The van der Waals surface area contributed by atoms with Gasteiger partial charge in [-0.1, -0.05) is 47.5 Å². The van der Waals surface area contributed by atoms with Crippen molar-refractivity contribution in [2.45, 2.75) is 105 Å². The van der Waals surface area contributed by atoms with E-state index < -0.39 is 47.1 Å². The lowest BCUT2D eigenvalue weighted by atomic mass is 9.87. The molecule has 6 rings (SSSR count). The van der Waals surface area contributed by atoms with Crippen LogP contribution in [-0.2, 0) is 19.9 Å². The van der Waals surface area contributed by atoms with Gasteiger partial charge in [0, 0.05) is 77.8 Å². The predicted octanol–water partition coefficient (Wildman–Crippen LogP) is 10.4. The van der Waals surface area contributed by atoms with Gasteiger partial charge in [-0.15, -0.1) is 11.8 Å². The Morgan fingerprint density at radius 2 is 1.48 bits per heavy atom. The fourth-order valence-electron chi connectivity index (χ4n) is 8.54. The fraction of sp³-hybridized carbons (Fsp3) is 0.438. The molecule has 0 spiro atoms. The Balaban J connectivity index is 1.13. The summed E-state index contributed by atoms with van der Waals surface area (Å²) < 4.78 is 97.9. The number of nitrogens with one attached hydrogen (secondary N) is 2. The lowest BCUT2D eigenvalue weighted by molar-refractivity contribution is -0.0435. The molecule has 1 aliphatic carbocycles. The lowest BCUT2D eigenvalue weighted by Gasteiger charge is -2.37. The van der Waals surface area contributed by atoms with Crippen LogP contribution >= 0.6 is 23.4 Å². The molecule has 0 saturated carbocycles. The first-order chi connectivity index (χ1) is 30.8. The van der Waals surface area contributed by atoms with Crippen LogP contribution in [0, 0.1) is 0 Å². The number of rotatable bonds is 19. The molecule has 65 heavy (non-hydrogen) atoms. The fourth-order valence-corrected chi connectivity index (χ4v) is 11.7. The maximum atomic E-state index is 14.2. The summed E-state index contributed by atoms with van der Waals surface area (Å²) in [5.74, 6) is -0.634. The van der Waals surface area contributed by atoms with Crippen molar-refractivity contribution in [3.8, 4) is 0 Å². The second kappa shape index (κ2) is 22.2. The molecule has 0 unspecified atom stereocenters. The first kappa shape index (κ1) is 50.4. The third-order valence-electron chi connectivity index (χ3n) is 12.0. The number of sulfone groups is 1. The SMILES string of the molecule is CC(C)N(CCC[C@H](CSc1ccccc1)Nc1ccc(S(=O)(=O)NC(=O)c2ccc(N3CCN(CC4=C(c5ccc(Cl)cc5)CCCC4)CC3)cc2)cc1S(=O)(=O)C(F)(F)F)C(C)C. The minimum atomic E-state index is -6.05. The Labute approximate surface area is 392 Å². The average Bonchev–Trinajstić information content (AvgIpc) is 3.27. The summed E-state index contributed by atoms with van der Waals surface area (Å²) in [6, 6.07) is 26.4. The summed E-state index contributed by atoms with van der Waals surface area (Å²) in [6.45, 7) is 13.1. The van der Waals surface area contributed by atoms with Crippen molar-refractivity contribution in [2.24, 2.45) is 0 Å². The maximum absolute atomic E-state index is 14.2. The highest BCUT2D eigenvalue weighted by molar-refractivity contribution is 7.99. The van der Waals surface area contributed by atoms with Crippen LogP contribution in [0.4, 0.5) is 24.5 Å². The summed E-state index contributed by atoms with van der Waals surface area (Å²) in [5.41, 5.74) is -1.17. The second-order valence-electron chi connectivity index (χ2n) is 17.2. The van der Waals surface area contributed by atoms with Crippen molar-refractivity contribution in [3.63, 3.8) is 0 Å². The number of halogens is 4. The number of alkyl halides is 3. The van der Waals surface area contributed by atoms with E-state index in [4.69, 9.17) is 11.6 Å². The number of carbonyl (C=O) groups excluding carboxylic acids is 1. The molecule has 1 fully saturated rings. The molecule has 1 atom stereocenters. The molecule has 1 saturated heterocycles. The van der Waals surface area contributed by atoms with Crippen molar-refractivity contribution in [3.05, 3.63) is 119 Å². The molecule has 1 aliphatic heterocycles. The first-order valence-electron chi connectivity index (χ1n) is 22.1. The molecule has 2 aliphatic rings. The van der Waals surface area contributed by atoms with Crippen LogP contribution in [0.5, 0.6) is 0 Å². The molecule has 10 nitrogen and oxygen atoms in total. The molecular weight excluding hydrogens is 915 g/mol. The number of thioether (sulfide) groups is 1. The number of piperazine rings is 1. The summed E-state index contributed by atoms with van der Waals surface area (Å²) in [4.78, 5) is 19.1. The topological polar surface area (TPSA) is 119 Å². The van der Waals surface area contributed by atoms with E-state index in [1.807, 2.05) is 47.2 Å². The maximum Gasteiger partial charge on any atom is 0.501 e. The molecule has 0 radical (unpaired) electrons. The van der Waals surface area contributed by atoms with Crippen molar-refractivity contribution in [1.29, 1.82) is 0 Å². The monoisotopic (exact) mass is 973 g/mol. The van der Waals surface area contributed by atoms with E-state index in [1.165, 1.54) is 53.4 Å². The minimum Gasteiger partial charge on any atom is -0.380 e. The first-order valence-corrected chi connectivity index (χ1v) is 26.4. The van der Waals surface area contributed by atoms with Crippen molar-refractivity contribution in [1.82, 2.24) is 14.5 Å². The Morgan fingerprint density at radius 1 is 0.831 bits per heavy atom. The van der Waals surface area contributed by atoms with Crippen LogP contribution in [0.3, 0.4) is 0 Å². The summed E-state index contributed by atoms with van der Waals surface area (Å²) >= 11 is 7.61. The highest BCUT2D eigenvalue weighted by Gasteiger charge is 2.48. The van der Waals surface area contributed by atoms with E-state index in [9.17, 15) is 34.8 Å². The Kier molecular flexibility index (Phi) is 17.2. The Bertz CT molecular complexity index is 2470. The highest BCUT2D eigenvalue weighted by Crippen LogP contribution is 2.37. The molecule has 4 aromatic rings. The van der Waals surface area contributed by atoms with Gasteiger partial charge in [0.1, 0.15) is 4.90 Å². The zero-order chi connectivity index (χ0) is 46.9. The normalized spacial score (nSPS) is 16.1. The van der Waals surface area contributed by atoms with Gasteiger partial charge in [0.05, 0.1) is 10.6 Å². The van der Waals surface area contributed by atoms with Crippen LogP contribution in [0.25, 0.3) is 5.57 Å². The van der Waals surface area contributed by atoms with E-state index in [-0.39, 0.29) is 23.3 Å². The number of hydrogen-bond donors (Lipinski definition) is 2. The van der Waals surface area contributed by atoms with Crippen molar-refractivity contribution in [2.75, 3.05) is 55.2 Å². The predicted molar refractivity (Wildman–Crippen MR) is 257 cm³/mol. The second-order valence-corrected chi connectivity index (χ2v) is 22.3. The van der Waals surface area contributed by atoms with E-state index in [1.54, 1.807) is 12.1 Å². The smallest absolute Gasteiger partial charge is 0.380 e. The quantitative estimate of drug-likeness (QED) is 0.0880. The van der Waals surface area contributed by atoms with Gasteiger partial charge in [-0.25, -0.2) is 21.6 Å².